The number of nitrogens with two attached hydrogens (primary N) is 1. The van der Waals surface area contributed by atoms with Crippen LogP contribution in [0.15, 0.2) is 36.4 Å². The minimum absolute atomic E-state index is 0.110. The van der Waals surface area contributed by atoms with E-state index < -0.39 is 5.60 Å². The molecule has 0 spiro atoms. The first-order chi connectivity index (χ1) is 10.0. The molecule has 1 atom stereocenters. The van der Waals surface area contributed by atoms with Crippen LogP contribution in [-0.4, -0.2) is 17.3 Å². The van der Waals surface area contributed by atoms with Gasteiger partial charge in [-0.25, -0.2) is 0 Å². The Bertz CT molecular complexity index is 603. The van der Waals surface area contributed by atoms with Crippen molar-refractivity contribution in [3.05, 3.63) is 42.0 Å². The number of fused-ring (bicyclic) bond motifs is 1. The van der Waals surface area contributed by atoms with Gasteiger partial charge in [0.05, 0.1) is 5.60 Å². The highest BCUT2D eigenvalue weighted by molar-refractivity contribution is 5.89. The molecule has 0 radical (unpaired) electrons. The molecule has 3 N–H and O–H groups in total. The summed E-state index contributed by atoms with van der Waals surface area (Å²) in [5, 5.41) is 12.6. The lowest BCUT2D eigenvalue weighted by molar-refractivity contribution is -0.0112. The van der Waals surface area contributed by atoms with E-state index in [1.54, 1.807) is 0 Å². The quantitative estimate of drug-likeness (QED) is 0.850. The number of rotatable bonds is 6. The van der Waals surface area contributed by atoms with Crippen molar-refractivity contribution in [2.24, 2.45) is 5.73 Å². The second kappa shape index (κ2) is 6.46. The average molecular weight is 287 g/mol. The standard InChI is InChI=1S/C18H25NO2/c1-4-18(20,5-2)12-21-17-15(13(3)19)11-10-14-8-6-7-9-16(14)17/h6-11,13,20H,4-5,12,19H2,1-3H3/t13-/m0/s1. The molecular weight excluding hydrogens is 262 g/mol. The molecule has 21 heavy (non-hydrogen) atoms. The summed E-state index contributed by atoms with van der Waals surface area (Å²) in [6.45, 7) is 6.18. The molecule has 2 aromatic rings. The molecule has 0 aliphatic carbocycles. The van der Waals surface area contributed by atoms with Gasteiger partial charge in [0.25, 0.3) is 0 Å². The van der Waals surface area contributed by atoms with Crippen molar-refractivity contribution in [2.45, 2.75) is 45.3 Å². The van der Waals surface area contributed by atoms with Crippen LogP contribution in [0, 0.1) is 0 Å². The van der Waals surface area contributed by atoms with Gasteiger partial charge in [0.15, 0.2) is 0 Å². The summed E-state index contributed by atoms with van der Waals surface area (Å²) < 4.78 is 6.03. The molecule has 2 rings (SSSR count). The van der Waals surface area contributed by atoms with E-state index >= 15 is 0 Å². The summed E-state index contributed by atoms with van der Waals surface area (Å²) in [4.78, 5) is 0. The number of hydrogen-bond donors (Lipinski definition) is 2. The smallest absolute Gasteiger partial charge is 0.132 e. The highest BCUT2D eigenvalue weighted by Gasteiger charge is 2.24. The van der Waals surface area contributed by atoms with Crippen molar-refractivity contribution in [3.8, 4) is 5.75 Å². The van der Waals surface area contributed by atoms with Gasteiger partial charge in [0, 0.05) is 17.0 Å². The SMILES string of the molecule is CCC(O)(CC)COc1c([C@H](C)N)ccc2ccccc12. The maximum absolute atomic E-state index is 10.4. The van der Waals surface area contributed by atoms with E-state index in [0.717, 1.165) is 22.1 Å². The summed E-state index contributed by atoms with van der Waals surface area (Å²) in [6, 6.07) is 12.1. The van der Waals surface area contributed by atoms with Gasteiger partial charge in [-0.3, -0.25) is 0 Å². The van der Waals surface area contributed by atoms with Gasteiger partial charge in [-0.1, -0.05) is 50.2 Å². The highest BCUT2D eigenvalue weighted by atomic mass is 16.5. The van der Waals surface area contributed by atoms with Crippen LogP contribution < -0.4 is 10.5 Å². The number of benzene rings is 2. The van der Waals surface area contributed by atoms with Gasteiger partial charge < -0.3 is 15.6 Å². The molecule has 0 amide bonds. The van der Waals surface area contributed by atoms with Crippen LogP contribution in [0.2, 0.25) is 0 Å². The molecule has 0 saturated heterocycles. The fourth-order valence-electron chi connectivity index (χ4n) is 2.44. The van der Waals surface area contributed by atoms with Crippen molar-refractivity contribution in [1.82, 2.24) is 0 Å². The third kappa shape index (κ3) is 3.36. The summed E-state index contributed by atoms with van der Waals surface area (Å²) in [6.07, 6.45) is 1.34. The summed E-state index contributed by atoms with van der Waals surface area (Å²) in [7, 11) is 0. The van der Waals surface area contributed by atoms with Gasteiger partial charge in [0.1, 0.15) is 12.4 Å². The molecule has 0 aromatic heterocycles. The largest absolute Gasteiger partial charge is 0.490 e. The molecule has 0 heterocycles. The number of hydrogen-bond acceptors (Lipinski definition) is 3. The molecule has 0 bridgehead atoms. The third-order valence-electron chi connectivity index (χ3n) is 4.20. The lowest BCUT2D eigenvalue weighted by atomic mass is 9.98. The number of aliphatic hydroxyl groups is 1. The van der Waals surface area contributed by atoms with Crippen molar-refractivity contribution < 1.29 is 9.84 Å². The first kappa shape index (κ1) is 15.8. The monoisotopic (exact) mass is 287 g/mol. The zero-order chi connectivity index (χ0) is 15.5. The Morgan fingerprint density at radius 3 is 2.43 bits per heavy atom. The van der Waals surface area contributed by atoms with Gasteiger partial charge >= 0.3 is 0 Å². The van der Waals surface area contributed by atoms with E-state index in [4.69, 9.17) is 10.5 Å². The summed E-state index contributed by atoms with van der Waals surface area (Å²) in [5.74, 6) is 0.795. The lowest BCUT2D eigenvalue weighted by Gasteiger charge is -2.26. The van der Waals surface area contributed by atoms with Crippen molar-refractivity contribution in [3.63, 3.8) is 0 Å². The predicted molar refractivity (Wildman–Crippen MR) is 87.6 cm³/mol. The predicted octanol–water partition coefficient (Wildman–Crippen LogP) is 3.79. The molecule has 114 valence electrons. The normalized spacial score (nSPS) is 13.4. The van der Waals surface area contributed by atoms with E-state index in [1.807, 2.05) is 45.0 Å². The zero-order valence-corrected chi connectivity index (χ0v) is 13.1. The van der Waals surface area contributed by atoms with E-state index in [1.165, 1.54) is 0 Å². The highest BCUT2D eigenvalue weighted by Crippen LogP contribution is 2.33. The molecule has 0 unspecified atom stereocenters. The zero-order valence-electron chi connectivity index (χ0n) is 13.1. The Morgan fingerprint density at radius 1 is 1.14 bits per heavy atom. The fraction of sp³-hybridized carbons (Fsp3) is 0.444. The van der Waals surface area contributed by atoms with E-state index in [2.05, 4.69) is 12.1 Å². The second-order valence-corrected chi connectivity index (χ2v) is 5.71. The van der Waals surface area contributed by atoms with Crippen LogP contribution in [0.25, 0.3) is 10.8 Å². The molecule has 2 aromatic carbocycles. The Hall–Kier alpha value is -1.58. The van der Waals surface area contributed by atoms with E-state index in [0.29, 0.717) is 12.8 Å². The average Bonchev–Trinajstić information content (AvgIpc) is 2.51. The Morgan fingerprint density at radius 2 is 1.81 bits per heavy atom. The van der Waals surface area contributed by atoms with Crippen LogP contribution in [0.4, 0.5) is 0 Å². The second-order valence-electron chi connectivity index (χ2n) is 5.71. The van der Waals surface area contributed by atoms with Crippen LogP contribution in [0.3, 0.4) is 0 Å². The fourth-order valence-corrected chi connectivity index (χ4v) is 2.44. The topological polar surface area (TPSA) is 55.5 Å². The first-order valence-electron chi connectivity index (χ1n) is 7.63. The third-order valence-corrected chi connectivity index (χ3v) is 4.20. The minimum atomic E-state index is -0.786. The van der Waals surface area contributed by atoms with Gasteiger partial charge in [-0.05, 0) is 25.2 Å². The molecule has 0 saturated carbocycles. The molecule has 0 aliphatic rings. The molecule has 3 nitrogen and oxygen atoms in total. The van der Waals surface area contributed by atoms with E-state index in [9.17, 15) is 5.11 Å². The Labute approximate surface area is 126 Å². The van der Waals surface area contributed by atoms with Crippen molar-refractivity contribution in [2.75, 3.05) is 6.61 Å². The van der Waals surface area contributed by atoms with Crippen molar-refractivity contribution >= 4 is 10.8 Å². The molecule has 0 fully saturated rings. The van der Waals surface area contributed by atoms with Gasteiger partial charge in [0.2, 0.25) is 0 Å². The van der Waals surface area contributed by atoms with E-state index in [-0.39, 0.29) is 12.6 Å². The molecular formula is C18H25NO2. The maximum atomic E-state index is 10.4. The molecule has 3 heteroatoms. The first-order valence-corrected chi connectivity index (χ1v) is 7.63. The van der Waals surface area contributed by atoms with Crippen molar-refractivity contribution in [1.29, 1.82) is 0 Å². The van der Waals surface area contributed by atoms with Gasteiger partial charge in [-0.2, -0.15) is 0 Å². The summed E-state index contributed by atoms with van der Waals surface area (Å²) in [5.41, 5.74) is 6.26. The summed E-state index contributed by atoms with van der Waals surface area (Å²) >= 11 is 0. The van der Waals surface area contributed by atoms with Crippen LogP contribution in [0.1, 0.15) is 45.2 Å². The van der Waals surface area contributed by atoms with Crippen LogP contribution in [-0.2, 0) is 0 Å². The minimum Gasteiger partial charge on any atom is -0.490 e. The Balaban J connectivity index is 2.42. The number of ether oxygens (including phenoxy) is 1. The van der Waals surface area contributed by atoms with Crippen LogP contribution >= 0.6 is 0 Å². The lowest BCUT2D eigenvalue weighted by Crippen LogP contribution is -2.34. The van der Waals surface area contributed by atoms with Gasteiger partial charge in [-0.15, -0.1) is 0 Å². The molecule has 0 aliphatic heterocycles. The maximum Gasteiger partial charge on any atom is 0.132 e. The van der Waals surface area contributed by atoms with Crippen LogP contribution in [0.5, 0.6) is 5.75 Å². The Kier molecular flexibility index (Phi) is 4.86.